The van der Waals surface area contributed by atoms with Crippen LogP contribution in [0.4, 0.5) is 5.69 Å². The van der Waals surface area contributed by atoms with E-state index in [0.29, 0.717) is 6.04 Å². The molecule has 0 aliphatic heterocycles. The second kappa shape index (κ2) is 5.08. The fraction of sp³-hybridized carbons (Fsp3) is 0.333. The lowest BCUT2D eigenvalue weighted by atomic mass is 10.1. The lowest BCUT2D eigenvalue weighted by Gasteiger charge is -2.15. The van der Waals surface area contributed by atoms with Gasteiger partial charge in [0.1, 0.15) is 0 Å². The van der Waals surface area contributed by atoms with E-state index in [1.54, 1.807) is 0 Å². The molecule has 0 saturated heterocycles. The molecule has 1 N–H and O–H groups in total. The Morgan fingerprint density at radius 1 is 1.05 bits per heavy atom. The quantitative estimate of drug-likeness (QED) is 0.698. The summed E-state index contributed by atoms with van der Waals surface area (Å²) in [7, 11) is 0. The molecule has 0 amide bonds. The normalized spacial score (nSPS) is 13.8. The molecule has 0 spiro atoms. The molecular weight excluding hydrogens is 230 g/mol. The van der Waals surface area contributed by atoms with Crippen molar-refractivity contribution in [3.8, 4) is 11.1 Å². The maximum absolute atomic E-state index is 3.60. The zero-order valence-corrected chi connectivity index (χ0v) is 11.7. The lowest BCUT2D eigenvalue weighted by molar-refractivity contribution is 0.690. The minimum absolute atomic E-state index is 0.548. The number of nitrogens with one attached hydrogen (secondary N) is 1. The van der Waals surface area contributed by atoms with Crippen LogP contribution in [0.5, 0.6) is 0 Å². The summed E-state index contributed by atoms with van der Waals surface area (Å²) in [5, 5.41) is 3.60. The summed E-state index contributed by atoms with van der Waals surface area (Å²) in [6, 6.07) is 16.1. The summed E-state index contributed by atoms with van der Waals surface area (Å²) in [4.78, 5) is 0. The Labute approximate surface area is 115 Å². The summed E-state index contributed by atoms with van der Waals surface area (Å²) >= 11 is 0. The predicted octanol–water partition coefficient (Wildman–Crippen LogP) is 4.86. The van der Waals surface area contributed by atoms with E-state index in [4.69, 9.17) is 0 Å². The lowest BCUT2D eigenvalue weighted by Crippen LogP contribution is -2.14. The van der Waals surface area contributed by atoms with Crippen molar-refractivity contribution in [1.29, 1.82) is 0 Å². The van der Waals surface area contributed by atoms with Gasteiger partial charge in [0.2, 0.25) is 0 Å². The molecule has 1 atom stereocenters. The van der Waals surface area contributed by atoms with Crippen LogP contribution in [0.1, 0.15) is 37.8 Å². The third-order valence-corrected chi connectivity index (χ3v) is 3.93. The number of benzene rings is 2. The van der Waals surface area contributed by atoms with Gasteiger partial charge in [0.15, 0.2) is 0 Å². The van der Waals surface area contributed by atoms with E-state index < -0.39 is 0 Å². The Hall–Kier alpha value is -1.76. The van der Waals surface area contributed by atoms with Crippen molar-refractivity contribution >= 4 is 5.69 Å². The summed E-state index contributed by atoms with van der Waals surface area (Å²) in [6.07, 6.45) is 3.52. The zero-order valence-electron chi connectivity index (χ0n) is 11.7. The molecule has 0 heterocycles. The Bertz CT molecular complexity index is 586. The highest BCUT2D eigenvalue weighted by Gasteiger charge is 2.17. The van der Waals surface area contributed by atoms with Crippen LogP contribution in [0, 0.1) is 0 Å². The molecule has 1 aliphatic carbocycles. The first kappa shape index (κ1) is 12.3. The highest BCUT2D eigenvalue weighted by molar-refractivity contribution is 5.78. The van der Waals surface area contributed by atoms with E-state index in [9.17, 15) is 0 Å². The maximum atomic E-state index is 3.60. The zero-order chi connectivity index (χ0) is 13.2. The number of fused-ring (bicyclic) bond motifs is 3. The van der Waals surface area contributed by atoms with Gasteiger partial charge in [-0.2, -0.15) is 0 Å². The standard InChI is InChI=1S/C18H21N/c1-3-6-13(2)19-16-9-10-18-15(12-16)11-14-7-4-5-8-17(14)18/h4-5,7-10,12-13,19H,3,6,11H2,1-2H3. The molecule has 2 aromatic rings. The van der Waals surface area contributed by atoms with E-state index in [-0.39, 0.29) is 0 Å². The van der Waals surface area contributed by atoms with Crippen LogP contribution in [0.3, 0.4) is 0 Å². The van der Waals surface area contributed by atoms with Crippen LogP contribution < -0.4 is 5.32 Å². The van der Waals surface area contributed by atoms with Crippen molar-refractivity contribution in [3.63, 3.8) is 0 Å². The number of hydrogen-bond donors (Lipinski definition) is 1. The Morgan fingerprint density at radius 2 is 1.84 bits per heavy atom. The summed E-state index contributed by atoms with van der Waals surface area (Å²) < 4.78 is 0. The minimum atomic E-state index is 0.548. The van der Waals surface area contributed by atoms with E-state index in [2.05, 4.69) is 61.6 Å². The summed E-state index contributed by atoms with van der Waals surface area (Å²) in [5.41, 5.74) is 6.98. The highest BCUT2D eigenvalue weighted by Crippen LogP contribution is 2.37. The third kappa shape index (κ3) is 2.37. The first-order chi connectivity index (χ1) is 9.28. The van der Waals surface area contributed by atoms with Crippen molar-refractivity contribution in [2.45, 2.75) is 39.2 Å². The molecule has 19 heavy (non-hydrogen) atoms. The van der Waals surface area contributed by atoms with E-state index in [0.717, 1.165) is 6.42 Å². The van der Waals surface area contributed by atoms with E-state index >= 15 is 0 Å². The van der Waals surface area contributed by atoms with Crippen molar-refractivity contribution < 1.29 is 0 Å². The first-order valence-electron chi connectivity index (χ1n) is 7.25. The minimum Gasteiger partial charge on any atom is -0.383 e. The van der Waals surface area contributed by atoms with Crippen LogP contribution in [-0.4, -0.2) is 6.04 Å². The second-order valence-corrected chi connectivity index (χ2v) is 5.54. The van der Waals surface area contributed by atoms with Crippen molar-refractivity contribution in [2.24, 2.45) is 0 Å². The van der Waals surface area contributed by atoms with Gasteiger partial charge in [0, 0.05) is 11.7 Å². The van der Waals surface area contributed by atoms with Gasteiger partial charge in [-0.05, 0) is 54.2 Å². The SMILES string of the molecule is CCCC(C)Nc1ccc2c(c1)Cc1ccccc1-2. The van der Waals surface area contributed by atoms with Crippen LogP contribution in [-0.2, 0) is 6.42 Å². The van der Waals surface area contributed by atoms with Gasteiger partial charge >= 0.3 is 0 Å². The Kier molecular flexibility index (Phi) is 3.29. The molecule has 1 nitrogen and oxygen atoms in total. The van der Waals surface area contributed by atoms with Gasteiger partial charge in [-0.25, -0.2) is 0 Å². The first-order valence-corrected chi connectivity index (χ1v) is 7.25. The van der Waals surface area contributed by atoms with Crippen molar-refractivity contribution in [2.75, 3.05) is 5.32 Å². The molecule has 0 radical (unpaired) electrons. The Morgan fingerprint density at radius 3 is 2.68 bits per heavy atom. The van der Waals surface area contributed by atoms with Crippen LogP contribution in [0.15, 0.2) is 42.5 Å². The molecule has 0 fully saturated rings. The van der Waals surface area contributed by atoms with Crippen LogP contribution in [0.2, 0.25) is 0 Å². The van der Waals surface area contributed by atoms with E-state index in [1.165, 1.54) is 40.8 Å². The average Bonchev–Trinajstić information content (AvgIpc) is 2.76. The van der Waals surface area contributed by atoms with Crippen molar-refractivity contribution in [1.82, 2.24) is 0 Å². The average molecular weight is 251 g/mol. The molecule has 1 heteroatoms. The predicted molar refractivity (Wildman–Crippen MR) is 82.7 cm³/mol. The molecule has 98 valence electrons. The second-order valence-electron chi connectivity index (χ2n) is 5.54. The smallest absolute Gasteiger partial charge is 0.0345 e. The van der Waals surface area contributed by atoms with Gasteiger partial charge in [-0.1, -0.05) is 43.7 Å². The van der Waals surface area contributed by atoms with Gasteiger partial charge in [0.25, 0.3) is 0 Å². The molecule has 0 saturated carbocycles. The molecule has 3 rings (SSSR count). The largest absolute Gasteiger partial charge is 0.383 e. The maximum Gasteiger partial charge on any atom is 0.0345 e. The Balaban J connectivity index is 1.85. The topological polar surface area (TPSA) is 12.0 Å². The third-order valence-electron chi connectivity index (χ3n) is 3.93. The summed E-state index contributed by atoms with van der Waals surface area (Å²) in [6.45, 7) is 4.49. The highest BCUT2D eigenvalue weighted by atomic mass is 14.9. The van der Waals surface area contributed by atoms with Gasteiger partial charge < -0.3 is 5.32 Å². The number of rotatable bonds is 4. The monoisotopic (exact) mass is 251 g/mol. The number of anilines is 1. The molecule has 0 aromatic heterocycles. The summed E-state index contributed by atoms with van der Waals surface area (Å²) in [5.74, 6) is 0. The van der Waals surface area contributed by atoms with E-state index in [1.807, 2.05) is 0 Å². The molecule has 1 unspecified atom stereocenters. The van der Waals surface area contributed by atoms with Gasteiger partial charge in [-0.3, -0.25) is 0 Å². The molecule has 2 aromatic carbocycles. The van der Waals surface area contributed by atoms with Crippen LogP contribution in [0.25, 0.3) is 11.1 Å². The number of hydrogen-bond acceptors (Lipinski definition) is 1. The van der Waals surface area contributed by atoms with Crippen molar-refractivity contribution in [3.05, 3.63) is 53.6 Å². The molecule has 0 bridgehead atoms. The molecule has 1 aliphatic rings. The fourth-order valence-electron chi connectivity index (χ4n) is 3.02. The van der Waals surface area contributed by atoms with Gasteiger partial charge in [-0.15, -0.1) is 0 Å². The van der Waals surface area contributed by atoms with Gasteiger partial charge in [0.05, 0.1) is 0 Å². The molecular formula is C18H21N. The van der Waals surface area contributed by atoms with Crippen LogP contribution >= 0.6 is 0 Å². The fourth-order valence-corrected chi connectivity index (χ4v) is 3.02.